The highest BCUT2D eigenvalue weighted by molar-refractivity contribution is 5.83. The zero-order valence-electron chi connectivity index (χ0n) is 17.7. The van der Waals surface area contributed by atoms with Crippen LogP contribution in [-0.2, 0) is 17.9 Å². The second kappa shape index (κ2) is 8.79. The highest BCUT2D eigenvalue weighted by atomic mass is 16.2. The Kier molecular flexibility index (Phi) is 5.95. The van der Waals surface area contributed by atoms with Crippen molar-refractivity contribution in [2.24, 2.45) is 0 Å². The standard InChI is InChI=1S/C24H28N4O2/c1-18-8-3-4-9-20(18)16-26-12-7-13-27(15-14-26)23(29)17-28-24(30)22-11-6-5-10-21(22)19(2)25-28/h3-6,8-11H,7,12-17H2,1-2H3. The average molecular weight is 405 g/mol. The smallest absolute Gasteiger partial charge is 0.275 e. The van der Waals surface area contributed by atoms with Gasteiger partial charge in [-0.1, -0.05) is 42.5 Å². The van der Waals surface area contributed by atoms with Crippen LogP contribution in [0.25, 0.3) is 10.8 Å². The summed E-state index contributed by atoms with van der Waals surface area (Å²) in [6.07, 6.45) is 0.927. The first-order valence-corrected chi connectivity index (χ1v) is 10.5. The molecule has 0 radical (unpaired) electrons. The van der Waals surface area contributed by atoms with Crippen molar-refractivity contribution in [1.82, 2.24) is 19.6 Å². The molecule has 0 spiro atoms. The van der Waals surface area contributed by atoms with Gasteiger partial charge in [0.05, 0.1) is 11.1 Å². The molecule has 0 unspecified atom stereocenters. The highest BCUT2D eigenvalue weighted by Gasteiger charge is 2.21. The molecule has 1 aliphatic heterocycles. The Morgan fingerprint density at radius 1 is 0.933 bits per heavy atom. The van der Waals surface area contributed by atoms with Crippen LogP contribution < -0.4 is 5.56 Å². The molecule has 2 heterocycles. The third kappa shape index (κ3) is 4.28. The lowest BCUT2D eigenvalue weighted by Gasteiger charge is -2.23. The van der Waals surface area contributed by atoms with Gasteiger partial charge in [0.1, 0.15) is 6.54 Å². The lowest BCUT2D eigenvalue weighted by Crippen LogP contribution is -2.39. The molecule has 4 rings (SSSR count). The fourth-order valence-corrected chi connectivity index (χ4v) is 4.15. The van der Waals surface area contributed by atoms with Gasteiger partial charge in [-0.05, 0) is 37.5 Å². The maximum absolute atomic E-state index is 12.9. The third-order valence-corrected chi connectivity index (χ3v) is 5.93. The Bertz CT molecular complexity index is 1120. The van der Waals surface area contributed by atoms with E-state index >= 15 is 0 Å². The normalized spacial score (nSPS) is 15.3. The monoisotopic (exact) mass is 404 g/mol. The number of rotatable bonds is 4. The summed E-state index contributed by atoms with van der Waals surface area (Å²) in [6.45, 7) is 8.08. The van der Waals surface area contributed by atoms with Crippen LogP contribution in [-0.4, -0.2) is 51.7 Å². The van der Waals surface area contributed by atoms with Gasteiger partial charge in [-0.15, -0.1) is 0 Å². The van der Waals surface area contributed by atoms with Crippen molar-refractivity contribution in [2.45, 2.75) is 33.4 Å². The van der Waals surface area contributed by atoms with Crippen LogP contribution in [0.2, 0.25) is 0 Å². The molecule has 1 aliphatic rings. The molecule has 2 aromatic carbocycles. The van der Waals surface area contributed by atoms with Crippen LogP contribution in [0.4, 0.5) is 0 Å². The Morgan fingerprint density at radius 2 is 1.67 bits per heavy atom. The molecule has 30 heavy (non-hydrogen) atoms. The van der Waals surface area contributed by atoms with Gasteiger partial charge in [0.15, 0.2) is 0 Å². The molecule has 6 nitrogen and oxygen atoms in total. The molecule has 3 aromatic rings. The topological polar surface area (TPSA) is 58.4 Å². The molecule has 1 aromatic heterocycles. The first-order chi connectivity index (χ1) is 14.5. The first-order valence-electron chi connectivity index (χ1n) is 10.5. The molecule has 0 N–H and O–H groups in total. The van der Waals surface area contributed by atoms with E-state index in [0.29, 0.717) is 18.5 Å². The maximum atomic E-state index is 12.9. The minimum atomic E-state index is -0.208. The first kappa shape index (κ1) is 20.3. The van der Waals surface area contributed by atoms with Crippen LogP contribution in [0, 0.1) is 13.8 Å². The van der Waals surface area contributed by atoms with E-state index in [9.17, 15) is 9.59 Å². The quantitative estimate of drug-likeness (QED) is 0.671. The molecule has 0 atom stereocenters. The Morgan fingerprint density at radius 3 is 2.47 bits per heavy atom. The molecular weight excluding hydrogens is 376 g/mol. The van der Waals surface area contributed by atoms with E-state index in [-0.39, 0.29) is 18.0 Å². The number of benzene rings is 2. The van der Waals surface area contributed by atoms with Crippen LogP contribution in [0.5, 0.6) is 0 Å². The Balaban J connectivity index is 1.43. The van der Waals surface area contributed by atoms with E-state index in [4.69, 9.17) is 0 Å². The zero-order chi connectivity index (χ0) is 21.1. The molecule has 0 aliphatic carbocycles. The summed E-state index contributed by atoms with van der Waals surface area (Å²) in [5.41, 5.74) is 3.19. The number of hydrogen-bond donors (Lipinski definition) is 0. The SMILES string of the molecule is Cc1ccccc1CN1CCCN(C(=O)Cn2nc(C)c3ccccc3c2=O)CC1. The number of carbonyl (C=O) groups is 1. The summed E-state index contributed by atoms with van der Waals surface area (Å²) >= 11 is 0. The van der Waals surface area contributed by atoms with Crippen LogP contribution in [0.1, 0.15) is 23.2 Å². The fourth-order valence-electron chi connectivity index (χ4n) is 4.15. The van der Waals surface area contributed by atoms with Crippen molar-refractivity contribution in [2.75, 3.05) is 26.2 Å². The number of fused-ring (bicyclic) bond motifs is 1. The van der Waals surface area contributed by atoms with E-state index in [2.05, 4.69) is 41.2 Å². The molecular formula is C24H28N4O2. The zero-order valence-corrected chi connectivity index (χ0v) is 17.7. The second-order valence-corrected chi connectivity index (χ2v) is 8.03. The number of aryl methyl sites for hydroxylation is 2. The van der Waals surface area contributed by atoms with Gasteiger partial charge in [-0.3, -0.25) is 14.5 Å². The number of hydrogen-bond acceptors (Lipinski definition) is 4. The molecule has 1 amide bonds. The largest absolute Gasteiger partial charge is 0.340 e. The van der Waals surface area contributed by atoms with E-state index in [1.165, 1.54) is 15.8 Å². The van der Waals surface area contributed by atoms with Gasteiger partial charge >= 0.3 is 0 Å². The summed E-state index contributed by atoms with van der Waals surface area (Å²) in [4.78, 5) is 30.0. The van der Waals surface area contributed by atoms with Gasteiger partial charge in [0.25, 0.3) is 5.56 Å². The summed E-state index contributed by atoms with van der Waals surface area (Å²) in [7, 11) is 0. The van der Waals surface area contributed by atoms with Crippen molar-refractivity contribution < 1.29 is 4.79 Å². The van der Waals surface area contributed by atoms with Gasteiger partial charge in [-0.25, -0.2) is 4.68 Å². The molecule has 0 saturated carbocycles. The number of carbonyl (C=O) groups excluding carboxylic acids is 1. The number of nitrogens with zero attached hydrogens (tertiary/aromatic N) is 4. The fraction of sp³-hybridized carbons (Fsp3) is 0.375. The molecule has 156 valence electrons. The Hall–Kier alpha value is -2.99. The van der Waals surface area contributed by atoms with Crippen molar-refractivity contribution in [3.05, 3.63) is 75.7 Å². The second-order valence-electron chi connectivity index (χ2n) is 8.03. The highest BCUT2D eigenvalue weighted by Crippen LogP contribution is 2.14. The lowest BCUT2D eigenvalue weighted by atomic mass is 10.1. The molecule has 0 bridgehead atoms. The van der Waals surface area contributed by atoms with Crippen molar-refractivity contribution in [1.29, 1.82) is 0 Å². The predicted octanol–water partition coefficient (Wildman–Crippen LogP) is 2.75. The van der Waals surface area contributed by atoms with Gasteiger partial charge in [0, 0.05) is 38.1 Å². The van der Waals surface area contributed by atoms with Gasteiger partial charge in [0.2, 0.25) is 5.91 Å². The summed E-state index contributed by atoms with van der Waals surface area (Å²) in [6, 6.07) is 15.9. The summed E-state index contributed by atoms with van der Waals surface area (Å²) in [5, 5.41) is 5.84. The van der Waals surface area contributed by atoms with E-state index in [0.717, 1.165) is 37.1 Å². The third-order valence-electron chi connectivity index (χ3n) is 5.93. The molecule has 1 fully saturated rings. The van der Waals surface area contributed by atoms with Crippen LogP contribution in [0.15, 0.2) is 53.3 Å². The predicted molar refractivity (Wildman–Crippen MR) is 118 cm³/mol. The van der Waals surface area contributed by atoms with Gasteiger partial charge < -0.3 is 4.90 Å². The van der Waals surface area contributed by atoms with Gasteiger partial charge in [-0.2, -0.15) is 5.10 Å². The Labute approximate surface area is 176 Å². The summed E-state index contributed by atoms with van der Waals surface area (Å²) < 4.78 is 1.32. The average Bonchev–Trinajstić information content (AvgIpc) is 2.99. The number of aromatic nitrogens is 2. The maximum Gasteiger partial charge on any atom is 0.275 e. The molecule has 1 saturated heterocycles. The van der Waals surface area contributed by atoms with E-state index in [1.807, 2.05) is 30.0 Å². The number of amides is 1. The van der Waals surface area contributed by atoms with E-state index in [1.54, 1.807) is 6.07 Å². The lowest BCUT2D eigenvalue weighted by molar-refractivity contribution is -0.132. The molecule has 6 heteroatoms. The van der Waals surface area contributed by atoms with Crippen molar-refractivity contribution in [3.63, 3.8) is 0 Å². The minimum Gasteiger partial charge on any atom is -0.340 e. The minimum absolute atomic E-state index is 0.0116. The van der Waals surface area contributed by atoms with Crippen LogP contribution >= 0.6 is 0 Å². The summed E-state index contributed by atoms with van der Waals surface area (Å²) in [5.74, 6) is -0.0444. The van der Waals surface area contributed by atoms with Crippen molar-refractivity contribution >= 4 is 16.7 Å². The van der Waals surface area contributed by atoms with Crippen LogP contribution in [0.3, 0.4) is 0 Å². The van der Waals surface area contributed by atoms with E-state index < -0.39 is 0 Å². The van der Waals surface area contributed by atoms with Crippen molar-refractivity contribution in [3.8, 4) is 0 Å².